The number of hydrogen-bond acceptors (Lipinski definition) is 8. The maximum Gasteiger partial charge on any atom is 0.414 e. The Labute approximate surface area is 157 Å². The number of aryl methyl sites for hydroxylation is 1. The standard InChI is InChI=1S/C16H16N4O4S2/c1-3-24-16(23)20-12(21)9-4-5-25-14(9)19-13(22)15-18-11-10(26-15)6-8(2)7-17-11/h4-7,15H,3H2,1-2H3,(H,17,18)(H,19,22)(H,20,21,23). The summed E-state index contributed by atoms with van der Waals surface area (Å²) in [5.74, 6) is -0.280. The minimum Gasteiger partial charge on any atom is -0.450 e. The molecule has 136 valence electrons. The molecule has 1 aliphatic rings. The number of nitrogens with one attached hydrogen (secondary N) is 3. The van der Waals surface area contributed by atoms with Gasteiger partial charge in [-0.15, -0.1) is 11.3 Å². The van der Waals surface area contributed by atoms with E-state index in [-0.39, 0.29) is 18.1 Å². The molecule has 0 saturated heterocycles. The van der Waals surface area contributed by atoms with E-state index in [1.807, 2.05) is 13.0 Å². The highest BCUT2D eigenvalue weighted by Crippen LogP contribution is 2.38. The average molecular weight is 392 g/mol. The van der Waals surface area contributed by atoms with Gasteiger partial charge in [-0.05, 0) is 36.9 Å². The van der Waals surface area contributed by atoms with Crippen LogP contribution in [0.2, 0.25) is 0 Å². The molecule has 0 bridgehead atoms. The highest BCUT2D eigenvalue weighted by atomic mass is 32.2. The summed E-state index contributed by atoms with van der Waals surface area (Å²) in [6.45, 7) is 3.73. The second kappa shape index (κ2) is 7.75. The van der Waals surface area contributed by atoms with Gasteiger partial charge in [0.2, 0.25) is 0 Å². The van der Waals surface area contributed by atoms with Crippen molar-refractivity contribution >= 4 is 51.8 Å². The number of aromatic nitrogens is 1. The first-order valence-electron chi connectivity index (χ1n) is 7.74. The Hall–Kier alpha value is -2.59. The number of fused-ring (bicyclic) bond motifs is 1. The molecule has 0 fully saturated rings. The van der Waals surface area contributed by atoms with Gasteiger partial charge in [-0.3, -0.25) is 14.9 Å². The molecule has 3 heterocycles. The first-order valence-corrected chi connectivity index (χ1v) is 9.50. The number of thiophene rings is 1. The molecular weight excluding hydrogens is 376 g/mol. The number of alkyl carbamates (subject to hydrolysis) is 1. The van der Waals surface area contributed by atoms with Crippen LogP contribution in [0.15, 0.2) is 28.6 Å². The molecular formula is C16H16N4O4S2. The molecule has 0 saturated carbocycles. The molecule has 0 aliphatic carbocycles. The van der Waals surface area contributed by atoms with E-state index in [0.717, 1.165) is 10.5 Å². The van der Waals surface area contributed by atoms with Crippen LogP contribution >= 0.6 is 23.1 Å². The van der Waals surface area contributed by atoms with Gasteiger partial charge in [-0.1, -0.05) is 11.8 Å². The first-order chi connectivity index (χ1) is 12.5. The summed E-state index contributed by atoms with van der Waals surface area (Å²) in [6, 6.07) is 3.49. The lowest BCUT2D eigenvalue weighted by atomic mass is 10.3. The Morgan fingerprint density at radius 1 is 1.38 bits per heavy atom. The van der Waals surface area contributed by atoms with Crippen LogP contribution in [-0.2, 0) is 9.53 Å². The lowest BCUT2D eigenvalue weighted by Crippen LogP contribution is -2.33. The number of rotatable bonds is 4. The summed E-state index contributed by atoms with van der Waals surface area (Å²) in [6.07, 6.45) is 0.898. The molecule has 3 rings (SSSR count). The van der Waals surface area contributed by atoms with Gasteiger partial charge < -0.3 is 15.4 Å². The zero-order valence-electron chi connectivity index (χ0n) is 14.0. The van der Waals surface area contributed by atoms with E-state index in [4.69, 9.17) is 0 Å². The molecule has 2 aromatic heterocycles. The van der Waals surface area contributed by atoms with Crippen LogP contribution in [0.4, 0.5) is 15.6 Å². The van der Waals surface area contributed by atoms with Crippen molar-refractivity contribution in [1.29, 1.82) is 0 Å². The Morgan fingerprint density at radius 3 is 2.96 bits per heavy atom. The summed E-state index contributed by atoms with van der Waals surface area (Å²) in [5, 5.41) is 9.34. The quantitative estimate of drug-likeness (QED) is 0.734. The predicted molar refractivity (Wildman–Crippen MR) is 99.7 cm³/mol. The van der Waals surface area contributed by atoms with Crippen LogP contribution in [0.5, 0.6) is 0 Å². The van der Waals surface area contributed by atoms with Crippen LogP contribution < -0.4 is 16.0 Å². The topological polar surface area (TPSA) is 109 Å². The summed E-state index contributed by atoms with van der Waals surface area (Å²) in [7, 11) is 0. The minimum absolute atomic E-state index is 0.158. The van der Waals surface area contributed by atoms with Crippen LogP contribution in [0.1, 0.15) is 22.8 Å². The molecule has 3 amide bonds. The van der Waals surface area contributed by atoms with Crippen molar-refractivity contribution in [3.63, 3.8) is 0 Å². The molecule has 26 heavy (non-hydrogen) atoms. The maximum atomic E-state index is 12.5. The predicted octanol–water partition coefficient (Wildman–Crippen LogP) is 2.82. The van der Waals surface area contributed by atoms with Gasteiger partial charge in [-0.2, -0.15) is 0 Å². The van der Waals surface area contributed by atoms with Crippen LogP contribution in [0, 0.1) is 6.92 Å². The molecule has 1 aliphatic heterocycles. The third kappa shape index (κ3) is 3.97. The number of anilines is 2. The largest absolute Gasteiger partial charge is 0.450 e. The lowest BCUT2D eigenvalue weighted by molar-refractivity contribution is -0.115. The van der Waals surface area contributed by atoms with Crippen LogP contribution in [0.3, 0.4) is 0 Å². The third-order valence-electron chi connectivity index (χ3n) is 3.38. The van der Waals surface area contributed by atoms with E-state index in [1.165, 1.54) is 29.2 Å². The molecule has 10 heteroatoms. The number of thioether (sulfide) groups is 1. The van der Waals surface area contributed by atoms with Gasteiger partial charge in [0.25, 0.3) is 11.8 Å². The average Bonchev–Trinajstić information content (AvgIpc) is 3.21. The molecule has 0 aromatic carbocycles. The molecule has 2 aromatic rings. The molecule has 3 N–H and O–H groups in total. The van der Waals surface area contributed by atoms with Crippen molar-refractivity contribution < 1.29 is 19.1 Å². The molecule has 0 spiro atoms. The second-order valence-corrected chi connectivity index (χ2v) is 7.39. The van der Waals surface area contributed by atoms with Crippen molar-refractivity contribution in [2.45, 2.75) is 24.1 Å². The second-order valence-electron chi connectivity index (χ2n) is 5.33. The minimum atomic E-state index is -0.828. The van der Waals surface area contributed by atoms with Gasteiger partial charge in [0.05, 0.1) is 17.1 Å². The Morgan fingerprint density at radius 2 is 2.19 bits per heavy atom. The van der Waals surface area contributed by atoms with E-state index in [2.05, 4.69) is 25.7 Å². The maximum absolute atomic E-state index is 12.5. The number of carbonyl (C=O) groups excluding carboxylic acids is 3. The third-order valence-corrected chi connectivity index (χ3v) is 5.34. The molecule has 0 radical (unpaired) electrons. The van der Waals surface area contributed by atoms with Crippen molar-refractivity contribution in [3.05, 3.63) is 34.8 Å². The highest BCUT2D eigenvalue weighted by Gasteiger charge is 2.30. The normalized spacial score (nSPS) is 14.9. The zero-order chi connectivity index (χ0) is 18.7. The fourth-order valence-corrected chi connectivity index (χ4v) is 4.08. The number of carbonyl (C=O) groups is 3. The smallest absolute Gasteiger partial charge is 0.414 e. The number of nitrogens with zero attached hydrogens (tertiary/aromatic N) is 1. The number of amides is 3. The van der Waals surface area contributed by atoms with Gasteiger partial charge >= 0.3 is 6.09 Å². The summed E-state index contributed by atoms with van der Waals surface area (Å²) >= 11 is 2.55. The van der Waals surface area contributed by atoms with Crippen LogP contribution in [0.25, 0.3) is 0 Å². The van der Waals surface area contributed by atoms with E-state index < -0.39 is 17.4 Å². The Balaban J connectivity index is 1.65. The van der Waals surface area contributed by atoms with Gasteiger partial charge in [0.15, 0.2) is 5.37 Å². The van der Waals surface area contributed by atoms with Gasteiger partial charge in [0.1, 0.15) is 10.8 Å². The summed E-state index contributed by atoms with van der Waals surface area (Å²) in [5.41, 5.74) is 1.21. The monoisotopic (exact) mass is 392 g/mol. The number of pyridine rings is 1. The van der Waals surface area contributed by atoms with Crippen molar-refractivity contribution in [1.82, 2.24) is 10.3 Å². The summed E-state index contributed by atoms with van der Waals surface area (Å²) in [4.78, 5) is 41.2. The van der Waals surface area contributed by atoms with Crippen molar-refractivity contribution in [2.24, 2.45) is 0 Å². The number of imide groups is 1. The van der Waals surface area contributed by atoms with E-state index in [0.29, 0.717) is 10.8 Å². The fourth-order valence-electron chi connectivity index (χ4n) is 2.23. The van der Waals surface area contributed by atoms with E-state index >= 15 is 0 Å². The number of hydrogen-bond donors (Lipinski definition) is 3. The highest BCUT2D eigenvalue weighted by molar-refractivity contribution is 8.01. The zero-order valence-corrected chi connectivity index (χ0v) is 15.6. The van der Waals surface area contributed by atoms with Crippen molar-refractivity contribution in [2.75, 3.05) is 17.2 Å². The molecule has 1 atom stereocenters. The van der Waals surface area contributed by atoms with E-state index in [9.17, 15) is 14.4 Å². The van der Waals surface area contributed by atoms with Gasteiger partial charge in [0, 0.05) is 6.20 Å². The summed E-state index contributed by atoms with van der Waals surface area (Å²) < 4.78 is 4.68. The molecule has 1 unspecified atom stereocenters. The Kier molecular flexibility index (Phi) is 5.43. The van der Waals surface area contributed by atoms with Crippen LogP contribution in [-0.4, -0.2) is 34.9 Å². The SMILES string of the molecule is CCOC(=O)NC(=O)c1ccsc1NC(=O)C1Nc2ncc(C)cc2S1. The first kappa shape index (κ1) is 18.2. The Bertz CT molecular complexity index is 868. The molecule has 8 nitrogen and oxygen atoms in total. The van der Waals surface area contributed by atoms with Crippen molar-refractivity contribution in [3.8, 4) is 0 Å². The lowest BCUT2D eigenvalue weighted by Gasteiger charge is -2.11. The van der Waals surface area contributed by atoms with E-state index in [1.54, 1.807) is 18.5 Å². The number of ether oxygens (including phenoxy) is 1. The van der Waals surface area contributed by atoms with Gasteiger partial charge in [-0.25, -0.2) is 9.78 Å². The fraction of sp³-hybridized carbons (Fsp3) is 0.250.